The Bertz CT molecular complexity index is 473. The first kappa shape index (κ1) is 15.7. The van der Waals surface area contributed by atoms with Crippen LogP contribution in [0.1, 0.15) is 50.8 Å². The van der Waals surface area contributed by atoms with Crippen LogP contribution in [0, 0.1) is 6.92 Å². The highest BCUT2D eigenvalue weighted by molar-refractivity contribution is 5.66. The molecule has 0 saturated carbocycles. The van der Waals surface area contributed by atoms with E-state index in [1.54, 1.807) is 13.8 Å². The van der Waals surface area contributed by atoms with Crippen LogP contribution in [0.2, 0.25) is 0 Å². The maximum absolute atomic E-state index is 13.7. The van der Waals surface area contributed by atoms with Crippen LogP contribution in [0.25, 0.3) is 5.57 Å². The van der Waals surface area contributed by atoms with E-state index in [9.17, 15) is 4.39 Å². The Kier molecular flexibility index (Phi) is 5.53. The van der Waals surface area contributed by atoms with Crippen LogP contribution in [-0.4, -0.2) is 5.67 Å². The van der Waals surface area contributed by atoms with Crippen LogP contribution < -0.4 is 0 Å². The third kappa shape index (κ3) is 5.42. The highest BCUT2D eigenvalue weighted by Crippen LogP contribution is 2.23. The summed E-state index contributed by atoms with van der Waals surface area (Å²) in [5.41, 5.74) is 3.54. The molecule has 0 aliphatic carbocycles. The largest absolute Gasteiger partial charge is 0.244 e. The van der Waals surface area contributed by atoms with E-state index in [0.717, 1.165) is 17.5 Å². The van der Waals surface area contributed by atoms with Crippen molar-refractivity contribution < 1.29 is 4.39 Å². The topological polar surface area (TPSA) is 0 Å². The predicted molar refractivity (Wildman–Crippen MR) is 83.2 cm³/mol. The number of halogens is 1. The molecular weight excluding hydrogens is 235 g/mol. The molecule has 0 radical (unpaired) electrons. The molecule has 0 fully saturated rings. The van der Waals surface area contributed by atoms with Gasteiger partial charge in [0.05, 0.1) is 0 Å². The van der Waals surface area contributed by atoms with Crippen LogP contribution >= 0.6 is 0 Å². The summed E-state index contributed by atoms with van der Waals surface area (Å²) in [6.45, 7) is 9.53. The smallest absolute Gasteiger partial charge is 0.109 e. The lowest BCUT2D eigenvalue weighted by molar-refractivity contribution is 0.217. The van der Waals surface area contributed by atoms with Crippen LogP contribution in [0.15, 0.2) is 36.4 Å². The molecule has 0 spiro atoms. The predicted octanol–water partition coefficient (Wildman–Crippen LogP) is 5.66. The summed E-state index contributed by atoms with van der Waals surface area (Å²) < 4.78 is 13.7. The van der Waals surface area contributed by atoms with Gasteiger partial charge in [-0.2, -0.15) is 0 Å². The van der Waals surface area contributed by atoms with Crippen molar-refractivity contribution in [3.8, 4) is 0 Å². The Morgan fingerprint density at radius 3 is 2.53 bits per heavy atom. The third-order valence-electron chi connectivity index (χ3n) is 3.13. The minimum absolute atomic E-state index is 0.470. The Morgan fingerprint density at radius 2 is 2.00 bits per heavy atom. The molecule has 0 amide bonds. The van der Waals surface area contributed by atoms with Crippen molar-refractivity contribution in [2.45, 2.75) is 53.1 Å². The summed E-state index contributed by atoms with van der Waals surface area (Å²) in [6.07, 6.45) is 7.86. The molecule has 104 valence electrons. The molecule has 0 bridgehead atoms. The Labute approximate surface area is 117 Å². The molecule has 0 saturated heterocycles. The molecule has 0 nitrogen and oxygen atoms in total. The summed E-state index contributed by atoms with van der Waals surface area (Å²) >= 11 is 0. The number of hydrogen-bond donors (Lipinski definition) is 0. The molecule has 0 aliphatic rings. The summed E-state index contributed by atoms with van der Waals surface area (Å²) in [5.74, 6) is 0. The van der Waals surface area contributed by atoms with Gasteiger partial charge in [-0.3, -0.25) is 0 Å². The fraction of sp³-hybridized carbons (Fsp3) is 0.444. The van der Waals surface area contributed by atoms with Gasteiger partial charge in [0, 0.05) is 6.42 Å². The maximum Gasteiger partial charge on any atom is 0.109 e. The minimum Gasteiger partial charge on any atom is -0.244 e. The zero-order valence-corrected chi connectivity index (χ0v) is 12.8. The number of hydrogen-bond acceptors (Lipinski definition) is 0. The van der Waals surface area contributed by atoms with Crippen LogP contribution in [-0.2, 0) is 6.42 Å². The fourth-order valence-corrected chi connectivity index (χ4v) is 2.04. The first-order valence-electron chi connectivity index (χ1n) is 6.95. The first-order chi connectivity index (χ1) is 8.83. The average Bonchev–Trinajstić information content (AvgIpc) is 2.30. The van der Waals surface area contributed by atoms with Gasteiger partial charge in [-0.1, -0.05) is 43.4 Å². The molecule has 1 aromatic carbocycles. The second-order valence-electron chi connectivity index (χ2n) is 5.72. The SMILES string of the molecule is CC/C=C/C=C(\C)c1ccc(CC(C)(C)F)c(C)c1. The van der Waals surface area contributed by atoms with Crippen molar-refractivity contribution in [3.63, 3.8) is 0 Å². The number of benzene rings is 1. The Balaban J connectivity index is 2.93. The van der Waals surface area contributed by atoms with E-state index in [0.29, 0.717) is 6.42 Å². The van der Waals surface area contributed by atoms with E-state index in [2.05, 4.69) is 51.1 Å². The summed E-state index contributed by atoms with van der Waals surface area (Å²) in [5, 5.41) is 0. The highest BCUT2D eigenvalue weighted by atomic mass is 19.1. The second kappa shape index (κ2) is 6.70. The van der Waals surface area contributed by atoms with Gasteiger partial charge in [0.1, 0.15) is 5.67 Å². The highest BCUT2D eigenvalue weighted by Gasteiger charge is 2.17. The van der Waals surface area contributed by atoms with Gasteiger partial charge in [-0.05, 0) is 56.4 Å². The first-order valence-corrected chi connectivity index (χ1v) is 6.95. The number of allylic oxidation sites excluding steroid dienone is 4. The number of aryl methyl sites for hydroxylation is 1. The minimum atomic E-state index is -1.15. The Hall–Kier alpha value is -1.37. The monoisotopic (exact) mass is 260 g/mol. The molecule has 0 aliphatic heterocycles. The van der Waals surface area contributed by atoms with Crippen molar-refractivity contribution >= 4 is 5.57 Å². The molecular formula is C18H25F. The standard InChI is InChI=1S/C18H25F/c1-6-7-8-9-14(2)16-10-11-17(15(3)12-16)13-18(4,5)19/h7-12H,6,13H2,1-5H3/b8-7+,14-9+. The van der Waals surface area contributed by atoms with E-state index >= 15 is 0 Å². The normalized spacial score (nSPS) is 13.3. The summed E-state index contributed by atoms with van der Waals surface area (Å²) in [4.78, 5) is 0. The van der Waals surface area contributed by atoms with Crippen molar-refractivity contribution in [1.29, 1.82) is 0 Å². The second-order valence-corrected chi connectivity index (χ2v) is 5.72. The van der Waals surface area contributed by atoms with E-state index < -0.39 is 5.67 Å². The van der Waals surface area contributed by atoms with Gasteiger partial charge in [0.25, 0.3) is 0 Å². The number of alkyl halides is 1. The molecule has 0 aromatic heterocycles. The molecule has 0 atom stereocenters. The molecule has 1 rings (SSSR count). The maximum atomic E-state index is 13.7. The molecule has 0 N–H and O–H groups in total. The van der Waals surface area contributed by atoms with E-state index in [-0.39, 0.29) is 0 Å². The lowest BCUT2D eigenvalue weighted by Gasteiger charge is -2.16. The zero-order valence-electron chi connectivity index (χ0n) is 12.8. The summed E-state index contributed by atoms with van der Waals surface area (Å²) in [7, 11) is 0. The van der Waals surface area contributed by atoms with Crippen molar-refractivity contribution in [2.24, 2.45) is 0 Å². The van der Waals surface area contributed by atoms with Gasteiger partial charge < -0.3 is 0 Å². The van der Waals surface area contributed by atoms with Crippen molar-refractivity contribution in [2.75, 3.05) is 0 Å². The van der Waals surface area contributed by atoms with E-state index in [1.807, 2.05) is 6.07 Å². The van der Waals surface area contributed by atoms with Gasteiger partial charge in [0.2, 0.25) is 0 Å². The molecule has 1 aromatic rings. The van der Waals surface area contributed by atoms with Crippen molar-refractivity contribution in [1.82, 2.24) is 0 Å². The lowest BCUT2D eigenvalue weighted by Crippen LogP contribution is -2.16. The van der Waals surface area contributed by atoms with Crippen molar-refractivity contribution in [3.05, 3.63) is 53.1 Å². The Morgan fingerprint density at radius 1 is 1.32 bits per heavy atom. The third-order valence-corrected chi connectivity index (χ3v) is 3.13. The van der Waals surface area contributed by atoms with Gasteiger partial charge in [0.15, 0.2) is 0 Å². The van der Waals surface area contributed by atoms with Gasteiger partial charge in [-0.25, -0.2) is 4.39 Å². The van der Waals surface area contributed by atoms with Gasteiger partial charge >= 0.3 is 0 Å². The van der Waals surface area contributed by atoms with E-state index in [4.69, 9.17) is 0 Å². The lowest BCUT2D eigenvalue weighted by atomic mass is 9.94. The zero-order chi connectivity index (χ0) is 14.5. The van der Waals surface area contributed by atoms with Gasteiger partial charge in [-0.15, -0.1) is 0 Å². The number of rotatable bonds is 5. The molecule has 0 heterocycles. The average molecular weight is 260 g/mol. The van der Waals surface area contributed by atoms with Crippen LogP contribution in [0.5, 0.6) is 0 Å². The molecule has 19 heavy (non-hydrogen) atoms. The molecule has 1 heteroatoms. The summed E-state index contributed by atoms with van der Waals surface area (Å²) in [6, 6.07) is 6.28. The quantitative estimate of drug-likeness (QED) is 0.600. The van der Waals surface area contributed by atoms with Crippen LogP contribution in [0.3, 0.4) is 0 Å². The van der Waals surface area contributed by atoms with Crippen LogP contribution in [0.4, 0.5) is 4.39 Å². The fourth-order valence-electron chi connectivity index (χ4n) is 2.04. The van der Waals surface area contributed by atoms with E-state index in [1.165, 1.54) is 11.1 Å². The molecule has 0 unspecified atom stereocenters.